The maximum atomic E-state index is 12.7. The third-order valence-electron chi connectivity index (χ3n) is 4.73. The Morgan fingerprint density at radius 2 is 2.12 bits per heavy atom. The molecule has 2 unspecified atom stereocenters. The van der Waals surface area contributed by atoms with Crippen LogP contribution >= 0.6 is 34.9 Å². The second-order valence-corrected chi connectivity index (χ2v) is 9.90. The van der Waals surface area contributed by atoms with E-state index < -0.39 is 47.7 Å². The molecule has 4 rings (SSSR count). The molecule has 0 saturated carbocycles. The Hall–Kier alpha value is -2.88. The first kappa shape index (κ1) is 23.3. The summed E-state index contributed by atoms with van der Waals surface area (Å²) in [6.07, 6.45) is -1.84. The number of nitrogens with one attached hydrogen (secondary N) is 1. The van der Waals surface area contributed by atoms with Gasteiger partial charge in [0.15, 0.2) is 6.10 Å². The van der Waals surface area contributed by atoms with Crippen LogP contribution in [0.15, 0.2) is 38.4 Å². The Bertz CT molecular complexity index is 1130. The number of hydrogen-bond donors (Lipinski definition) is 4. The number of thiophene rings is 1. The number of amides is 2. The van der Waals surface area contributed by atoms with E-state index in [0.29, 0.717) is 10.5 Å². The molecule has 1 saturated heterocycles. The lowest BCUT2D eigenvalue weighted by molar-refractivity contribution is -0.151. The monoisotopic (exact) mass is 512 g/mol. The third kappa shape index (κ3) is 4.75. The maximum absolute atomic E-state index is 12.7. The predicted molar refractivity (Wildman–Crippen MR) is 115 cm³/mol. The summed E-state index contributed by atoms with van der Waals surface area (Å²) in [4.78, 5) is 49.2. The average Bonchev–Trinajstić information content (AvgIpc) is 3.46. The van der Waals surface area contributed by atoms with Gasteiger partial charge in [0.05, 0.1) is 0 Å². The largest absolute Gasteiger partial charge is 0.481 e. The molecule has 0 spiro atoms. The number of fused-ring (bicyclic) bond motifs is 1. The van der Waals surface area contributed by atoms with Crippen molar-refractivity contribution in [3.8, 4) is 0 Å². The maximum Gasteiger partial charge on any atom is 0.352 e. The third-order valence-corrected chi connectivity index (χ3v) is 7.90. The van der Waals surface area contributed by atoms with E-state index >= 15 is 0 Å². The van der Waals surface area contributed by atoms with Crippen molar-refractivity contribution in [1.29, 1.82) is 0 Å². The van der Waals surface area contributed by atoms with Gasteiger partial charge in [-0.05, 0) is 17.0 Å². The summed E-state index contributed by atoms with van der Waals surface area (Å²) in [5.74, 6) is -3.39. The van der Waals surface area contributed by atoms with Crippen molar-refractivity contribution in [1.82, 2.24) is 20.4 Å². The lowest BCUT2D eigenvalue weighted by Gasteiger charge is -2.49. The summed E-state index contributed by atoms with van der Waals surface area (Å²) in [5, 5.41) is 39.7. The molecule has 2 amide bonds. The van der Waals surface area contributed by atoms with E-state index in [-0.39, 0.29) is 28.3 Å². The Morgan fingerprint density at radius 1 is 1.33 bits per heavy atom. The van der Waals surface area contributed by atoms with E-state index in [0.717, 1.165) is 16.7 Å². The number of nitrogens with zero attached hydrogens (tertiary/aromatic N) is 3. The molecule has 33 heavy (non-hydrogen) atoms. The van der Waals surface area contributed by atoms with E-state index in [1.165, 1.54) is 23.1 Å². The van der Waals surface area contributed by atoms with Gasteiger partial charge in [-0.25, -0.2) is 4.79 Å². The van der Waals surface area contributed by atoms with Crippen LogP contribution in [0.5, 0.6) is 0 Å². The number of carbonyl (C=O) groups excluding carboxylic acids is 2. The van der Waals surface area contributed by atoms with Crippen molar-refractivity contribution in [2.75, 3.05) is 11.5 Å². The normalized spacial score (nSPS) is 20.8. The van der Waals surface area contributed by atoms with Crippen LogP contribution in [-0.4, -0.2) is 77.1 Å². The summed E-state index contributed by atoms with van der Waals surface area (Å²) in [5.41, 5.74) is 0.273. The van der Waals surface area contributed by atoms with Gasteiger partial charge < -0.3 is 25.1 Å². The fourth-order valence-corrected chi connectivity index (χ4v) is 6.22. The van der Waals surface area contributed by atoms with Crippen LogP contribution in [0.25, 0.3) is 0 Å². The van der Waals surface area contributed by atoms with Gasteiger partial charge in [-0.3, -0.25) is 19.3 Å². The van der Waals surface area contributed by atoms with Gasteiger partial charge in [0.2, 0.25) is 5.89 Å². The number of aliphatic hydroxyl groups excluding tert-OH is 1. The van der Waals surface area contributed by atoms with Gasteiger partial charge in [0.25, 0.3) is 17.0 Å². The summed E-state index contributed by atoms with van der Waals surface area (Å²) < 4.78 is 5.21. The lowest BCUT2D eigenvalue weighted by atomic mass is 10.0. The van der Waals surface area contributed by atoms with Crippen LogP contribution in [0.2, 0.25) is 0 Å². The molecule has 0 bridgehead atoms. The highest BCUT2D eigenvalue weighted by Gasteiger charge is 2.54. The second kappa shape index (κ2) is 9.54. The predicted octanol–water partition coefficient (Wildman–Crippen LogP) is 0.323. The highest BCUT2D eigenvalue weighted by molar-refractivity contribution is 8.01. The summed E-state index contributed by atoms with van der Waals surface area (Å²) >= 11 is 3.52. The quantitative estimate of drug-likeness (QED) is 0.267. The molecular weight excluding hydrogens is 496 g/mol. The van der Waals surface area contributed by atoms with Crippen molar-refractivity contribution in [2.24, 2.45) is 0 Å². The molecule has 3 atom stereocenters. The van der Waals surface area contributed by atoms with Gasteiger partial charge >= 0.3 is 11.9 Å². The Kier molecular flexibility index (Phi) is 6.73. The molecule has 174 valence electrons. The zero-order chi connectivity index (χ0) is 23.7. The van der Waals surface area contributed by atoms with E-state index in [1.807, 2.05) is 0 Å². The number of carboxylic acids is 2. The molecule has 15 heteroatoms. The first-order chi connectivity index (χ1) is 15.8. The van der Waals surface area contributed by atoms with Crippen molar-refractivity contribution in [3.05, 3.63) is 39.6 Å². The van der Waals surface area contributed by atoms with E-state index in [9.17, 15) is 29.4 Å². The molecule has 2 aromatic rings. The Balaban J connectivity index is 1.43. The Morgan fingerprint density at radius 3 is 2.79 bits per heavy atom. The second-order valence-electron chi connectivity index (χ2n) is 6.89. The number of aromatic nitrogens is 2. The minimum atomic E-state index is -1.41. The molecule has 0 aliphatic carbocycles. The molecule has 2 aromatic heterocycles. The number of rotatable bonds is 9. The molecule has 1 fully saturated rings. The zero-order valence-corrected chi connectivity index (χ0v) is 19.0. The van der Waals surface area contributed by atoms with Gasteiger partial charge in [0.1, 0.15) is 23.5 Å². The number of hydrogen-bond acceptors (Lipinski definition) is 11. The SMILES string of the molecule is O=C(O)Cc1nnc(SCC2=C(C(=O)O)N3C(=O)C(NC(=O)C(O)c4cccs4)[C@@H]3SC2)o1. The lowest BCUT2D eigenvalue weighted by Crippen LogP contribution is -2.70. The number of carbonyl (C=O) groups is 4. The van der Waals surface area contributed by atoms with Gasteiger partial charge in [-0.2, -0.15) is 0 Å². The molecule has 0 radical (unpaired) electrons. The highest BCUT2D eigenvalue weighted by Crippen LogP contribution is 2.41. The summed E-state index contributed by atoms with van der Waals surface area (Å²) in [7, 11) is 0. The summed E-state index contributed by atoms with van der Waals surface area (Å²) in [6, 6.07) is 2.34. The van der Waals surface area contributed by atoms with Crippen molar-refractivity contribution in [3.63, 3.8) is 0 Å². The summed E-state index contributed by atoms with van der Waals surface area (Å²) in [6.45, 7) is 0. The zero-order valence-electron chi connectivity index (χ0n) is 16.5. The van der Waals surface area contributed by atoms with Crippen LogP contribution in [0.4, 0.5) is 0 Å². The number of thioether (sulfide) groups is 2. The van der Waals surface area contributed by atoms with Crippen molar-refractivity contribution in [2.45, 2.75) is 29.2 Å². The van der Waals surface area contributed by atoms with Gasteiger partial charge in [-0.15, -0.1) is 33.3 Å². The van der Waals surface area contributed by atoms with Gasteiger partial charge in [0, 0.05) is 16.4 Å². The minimum absolute atomic E-state index is 0.0724. The van der Waals surface area contributed by atoms with E-state index in [1.54, 1.807) is 17.5 Å². The van der Waals surface area contributed by atoms with Crippen molar-refractivity contribution < 1.29 is 38.9 Å². The van der Waals surface area contributed by atoms with Crippen LogP contribution in [-0.2, 0) is 25.6 Å². The van der Waals surface area contributed by atoms with Gasteiger partial charge in [-0.1, -0.05) is 17.8 Å². The first-order valence-corrected chi connectivity index (χ1v) is 12.3. The number of carboxylic acid groups (broad SMARTS) is 2. The molecule has 4 N–H and O–H groups in total. The van der Waals surface area contributed by atoms with E-state index in [2.05, 4.69) is 15.5 Å². The molecular formula is C18H16N4O8S3. The average molecular weight is 513 g/mol. The Labute approximate surface area is 198 Å². The first-order valence-electron chi connectivity index (χ1n) is 9.35. The van der Waals surface area contributed by atoms with Crippen molar-refractivity contribution >= 4 is 58.6 Å². The smallest absolute Gasteiger partial charge is 0.352 e. The number of aliphatic carboxylic acids is 2. The highest BCUT2D eigenvalue weighted by atomic mass is 32.2. The van der Waals surface area contributed by atoms with Crippen LogP contribution < -0.4 is 5.32 Å². The molecule has 2 aliphatic rings. The topological polar surface area (TPSA) is 183 Å². The van der Waals surface area contributed by atoms with Crippen LogP contribution in [0.3, 0.4) is 0 Å². The molecule has 2 aliphatic heterocycles. The fourth-order valence-electron chi connectivity index (χ4n) is 3.25. The van der Waals surface area contributed by atoms with E-state index in [4.69, 9.17) is 9.52 Å². The van der Waals surface area contributed by atoms with Crippen LogP contribution in [0.1, 0.15) is 16.9 Å². The molecule has 0 aromatic carbocycles. The standard InChI is InChI=1S/C18H16N4O8S3/c23-10(24)4-9-20-21-18(30-9)33-6-7-5-32-16-11(15(27)22(16)12(7)17(28)29)19-14(26)13(25)8-2-1-3-31-8/h1-3,11,13,16,25H,4-6H2,(H,19,26)(H,23,24)(H,28,29)/t11?,13?,16-/m0/s1. The molecule has 12 nitrogen and oxygen atoms in total. The molecule has 4 heterocycles. The fraction of sp³-hybridized carbons (Fsp3) is 0.333. The minimum Gasteiger partial charge on any atom is -0.481 e. The van der Waals surface area contributed by atoms with Crippen LogP contribution in [0, 0.1) is 0 Å². The number of β-lactam (4-membered cyclic amide) rings is 1. The number of aliphatic hydroxyl groups is 1.